The van der Waals surface area contributed by atoms with Gasteiger partial charge in [-0.25, -0.2) is 4.39 Å². The molecule has 94 valence electrons. The number of allylic oxidation sites excluding steroid dienone is 5. The van der Waals surface area contributed by atoms with Crippen LogP contribution >= 0.6 is 15.9 Å². The van der Waals surface area contributed by atoms with Crippen LogP contribution in [0.1, 0.15) is 23.7 Å². The van der Waals surface area contributed by atoms with E-state index in [2.05, 4.69) is 22.5 Å². The number of rotatable bonds is 5. The molecule has 3 heteroatoms. The maximum atomic E-state index is 12.7. The van der Waals surface area contributed by atoms with E-state index in [9.17, 15) is 9.18 Å². The summed E-state index contributed by atoms with van der Waals surface area (Å²) in [5, 5.41) is 0. The molecule has 1 aromatic rings. The van der Waals surface area contributed by atoms with Crippen LogP contribution in [-0.2, 0) is 0 Å². The van der Waals surface area contributed by atoms with Crippen molar-refractivity contribution in [2.45, 2.75) is 13.3 Å². The van der Waals surface area contributed by atoms with E-state index in [1.807, 2.05) is 6.92 Å². The fraction of sp³-hybridized carbons (Fsp3) is 0.133. The Bertz CT molecular complexity index is 498. The third-order valence-corrected chi connectivity index (χ3v) is 3.26. The minimum atomic E-state index is -0.348. The number of benzene rings is 1. The van der Waals surface area contributed by atoms with Crippen LogP contribution in [0.3, 0.4) is 0 Å². The molecule has 0 fully saturated rings. The SMILES string of the molecule is C=C/C(Br)=C(\C=C\C(=O)c1ccc(F)cc1)CC. The lowest BCUT2D eigenvalue weighted by atomic mass is 10.1. The standard InChI is InChI=1S/C15H14BrFO/c1-3-11(14(16)4-2)7-10-15(18)12-5-8-13(17)9-6-12/h4-10H,2-3H2,1H3/b10-7+,14-11+. The molecule has 0 aliphatic carbocycles. The number of carbonyl (C=O) groups is 1. The van der Waals surface area contributed by atoms with Crippen molar-refractivity contribution in [3.8, 4) is 0 Å². The number of carbonyl (C=O) groups excluding carboxylic acids is 1. The molecule has 0 radical (unpaired) electrons. The van der Waals surface area contributed by atoms with Gasteiger partial charge in [0.15, 0.2) is 5.78 Å². The fourth-order valence-corrected chi connectivity index (χ4v) is 1.80. The van der Waals surface area contributed by atoms with Crippen molar-refractivity contribution in [3.63, 3.8) is 0 Å². The lowest BCUT2D eigenvalue weighted by molar-refractivity contribution is 0.104. The van der Waals surface area contributed by atoms with Crippen LogP contribution in [-0.4, -0.2) is 5.78 Å². The summed E-state index contributed by atoms with van der Waals surface area (Å²) in [4.78, 5) is 11.8. The smallest absolute Gasteiger partial charge is 0.185 e. The number of ketones is 1. The van der Waals surface area contributed by atoms with Crippen molar-refractivity contribution in [2.24, 2.45) is 0 Å². The first-order valence-corrected chi connectivity index (χ1v) is 6.36. The van der Waals surface area contributed by atoms with Gasteiger partial charge in [0.1, 0.15) is 5.82 Å². The van der Waals surface area contributed by atoms with E-state index in [1.54, 1.807) is 12.2 Å². The second kappa shape index (κ2) is 7.07. The molecule has 0 aliphatic heterocycles. The summed E-state index contributed by atoms with van der Waals surface area (Å²) in [6, 6.07) is 5.49. The third-order valence-electron chi connectivity index (χ3n) is 2.43. The average Bonchev–Trinajstić information content (AvgIpc) is 2.39. The van der Waals surface area contributed by atoms with E-state index >= 15 is 0 Å². The Hall–Kier alpha value is -1.48. The van der Waals surface area contributed by atoms with E-state index in [0.717, 1.165) is 16.5 Å². The topological polar surface area (TPSA) is 17.1 Å². The van der Waals surface area contributed by atoms with Gasteiger partial charge in [0.25, 0.3) is 0 Å². The Morgan fingerprint density at radius 2 is 1.94 bits per heavy atom. The Morgan fingerprint density at radius 1 is 1.33 bits per heavy atom. The Morgan fingerprint density at radius 3 is 2.44 bits per heavy atom. The number of hydrogen-bond acceptors (Lipinski definition) is 1. The minimum Gasteiger partial charge on any atom is -0.289 e. The molecule has 1 aromatic carbocycles. The summed E-state index contributed by atoms with van der Waals surface area (Å²) < 4.78 is 13.6. The predicted molar refractivity (Wildman–Crippen MR) is 76.3 cm³/mol. The first-order chi connectivity index (χ1) is 8.58. The van der Waals surface area contributed by atoms with Crippen molar-refractivity contribution >= 4 is 21.7 Å². The van der Waals surface area contributed by atoms with Crippen LogP contribution in [0.5, 0.6) is 0 Å². The molecule has 0 N–H and O–H groups in total. The maximum absolute atomic E-state index is 12.7. The molecule has 0 atom stereocenters. The molecule has 0 amide bonds. The van der Waals surface area contributed by atoms with Gasteiger partial charge in [-0.3, -0.25) is 4.79 Å². The van der Waals surface area contributed by atoms with Crippen molar-refractivity contribution in [1.82, 2.24) is 0 Å². The van der Waals surface area contributed by atoms with Gasteiger partial charge in [-0.15, -0.1) is 0 Å². The monoisotopic (exact) mass is 308 g/mol. The number of halogens is 2. The minimum absolute atomic E-state index is 0.148. The van der Waals surface area contributed by atoms with Crippen LogP contribution in [0, 0.1) is 5.82 Å². The van der Waals surface area contributed by atoms with E-state index in [4.69, 9.17) is 0 Å². The number of hydrogen-bond donors (Lipinski definition) is 0. The Kier molecular flexibility index (Phi) is 5.72. The Labute approximate surface area is 115 Å². The van der Waals surface area contributed by atoms with Crippen LogP contribution in [0.2, 0.25) is 0 Å². The Balaban J connectivity index is 2.87. The van der Waals surface area contributed by atoms with Gasteiger partial charge >= 0.3 is 0 Å². The largest absolute Gasteiger partial charge is 0.289 e. The third kappa shape index (κ3) is 4.08. The first kappa shape index (κ1) is 14.6. The van der Waals surface area contributed by atoms with Crippen molar-refractivity contribution in [2.75, 3.05) is 0 Å². The van der Waals surface area contributed by atoms with E-state index in [-0.39, 0.29) is 11.6 Å². The highest BCUT2D eigenvalue weighted by molar-refractivity contribution is 9.11. The highest BCUT2D eigenvalue weighted by Gasteiger charge is 2.02. The van der Waals surface area contributed by atoms with Gasteiger partial charge in [0.2, 0.25) is 0 Å². The zero-order chi connectivity index (χ0) is 13.5. The summed E-state index contributed by atoms with van der Waals surface area (Å²) >= 11 is 3.37. The second-order valence-corrected chi connectivity index (χ2v) is 4.49. The van der Waals surface area contributed by atoms with Gasteiger partial charge in [-0.2, -0.15) is 0 Å². The molecule has 18 heavy (non-hydrogen) atoms. The summed E-state index contributed by atoms with van der Waals surface area (Å²) in [5.74, 6) is -0.496. The summed E-state index contributed by atoms with van der Waals surface area (Å²) in [6.07, 6.45) is 5.71. The zero-order valence-electron chi connectivity index (χ0n) is 10.1. The molecule has 0 saturated heterocycles. The van der Waals surface area contributed by atoms with Gasteiger partial charge in [0, 0.05) is 10.0 Å². The van der Waals surface area contributed by atoms with Crippen LogP contribution in [0.15, 0.2) is 59.1 Å². The second-order valence-electron chi connectivity index (χ2n) is 3.64. The highest BCUT2D eigenvalue weighted by Crippen LogP contribution is 2.17. The molecule has 0 spiro atoms. The molecule has 0 aromatic heterocycles. The van der Waals surface area contributed by atoms with E-state index in [1.165, 1.54) is 30.3 Å². The first-order valence-electron chi connectivity index (χ1n) is 5.57. The summed E-state index contributed by atoms with van der Waals surface area (Å²) in [7, 11) is 0. The van der Waals surface area contributed by atoms with Crippen molar-refractivity contribution in [3.05, 3.63) is 70.5 Å². The maximum Gasteiger partial charge on any atom is 0.185 e. The highest BCUT2D eigenvalue weighted by atomic mass is 79.9. The molecule has 0 bridgehead atoms. The summed E-state index contributed by atoms with van der Waals surface area (Å²) in [5.41, 5.74) is 1.46. The van der Waals surface area contributed by atoms with E-state index < -0.39 is 0 Å². The van der Waals surface area contributed by atoms with Crippen LogP contribution in [0.4, 0.5) is 4.39 Å². The molecule has 0 aliphatic rings. The van der Waals surface area contributed by atoms with Gasteiger partial charge < -0.3 is 0 Å². The fourth-order valence-electron chi connectivity index (χ4n) is 1.38. The molecular formula is C15H14BrFO. The predicted octanol–water partition coefficient (Wildman–Crippen LogP) is 4.81. The van der Waals surface area contributed by atoms with Crippen molar-refractivity contribution in [1.29, 1.82) is 0 Å². The van der Waals surface area contributed by atoms with Crippen molar-refractivity contribution < 1.29 is 9.18 Å². The van der Waals surface area contributed by atoms with E-state index in [0.29, 0.717) is 5.56 Å². The molecule has 1 nitrogen and oxygen atoms in total. The average molecular weight is 309 g/mol. The molecule has 0 unspecified atom stereocenters. The molecular weight excluding hydrogens is 295 g/mol. The molecule has 0 heterocycles. The van der Waals surface area contributed by atoms with Gasteiger partial charge in [0.05, 0.1) is 0 Å². The summed E-state index contributed by atoms with van der Waals surface area (Å²) in [6.45, 7) is 5.65. The lowest BCUT2D eigenvalue weighted by Gasteiger charge is -2.00. The normalized spacial score (nSPS) is 12.4. The van der Waals surface area contributed by atoms with Crippen LogP contribution in [0.25, 0.3) is 0 Å². The zero-order valence-corrected chi connectivity index (χ0v) is 11.7. The molecule has 1 rings (SSSR count). The van der Waals surface area contributed by atoms with Gasteiger partial charge in [-0.05, 0) is 42.3 Å². The lowest BCUT2D eigenvalue weighted by Crippen LogP contribution is -1.94. The quantitative estimate of drug-likeness (QED) is 0.433. The van der Waals surface area contributed by atoms with Gasteiger partial charge in [-0.1, -0.05) is 41.6 Å². The molecule has 0 saturated carbocycles. The van der Waals surface area contributed by atoms with Crippen LogP contribution < -0.4 is 0 Å².